The molecular weight excluding hydrogens is 238 g/mol. The first-order valence-electron chi connectivity index (χ1n) is 5.12. The average molecular weight is 252 g/mol. The van der Waals surface area contributed by atoms with Crippen molar-refractivity contribution in [3.8, 4) is 0 Å². The molecule has 0 aliphatic heterocycles. The number of benzene rings is 1. The van der Waals surface area contributed by atoms with Crippen LogP contribution in [-0.4, -0.2) is 0 Å². The lowest BCUT2D eigenvalue weighted by atomic mass is 9.88. The zero-order valence-corrected chi connectivity index (χ0v) is 10.9. The van der Waals surface area contributed by atoms with Crippen LogP contribution in [0.1, 0.15) is 22.9 Å². The quantitative estimate of drug-likeness (QED) is 0.860. The Morgan fingerprint density at radius 1 is 1.25 bits per heavy atom. The van der Waals surface area contributed by atoms with Crippen molar-refractivity contribution in [2.75, 3.05) is 0 Å². The predicted octanol–water partition coefficient (Wildman–Crippen LogP) is 3.93. The van der Waals surface area contributed by atoms with Crippen LogP contribution in [0.3, 0.4) is 0 Å². The Morgan fingerprint density at radius 2 is 1.94 bits per heavy atom. The molecule has 0 spiro atoms. The zero-order chi connectivity index (χ0) is 11.8. The Labute approximate surface area is 105 Å². The van der Waals surface area contributed by atoms with Gasteiger partial charge in [0.1, 0.15) is 0 Å². The van der Waals surface area contributed by atoms with Crippen LogP contribution in [0.2, 0.25) is 5.02 Å². The molecule has 0 amide bonds. The number of halogens is 1. The number of aryl methyl sites for hydroxylation is 1. The maximum absolute atomic E-state index is 6.43. The molecule has 1 aromatic heterocycles. The summed E-state index contributed by atoms with van der Waals surface area (Å²) in [5.74, 6) is 0. The molecule has 0 aliphatic rings. The molecule has 0 radical (unpaired) electrons. The molecule has 0 bridgehead atoms. The van der Waals surface area contributed by atoms with Crippen LogP contribution in [0.15, 0.2) is 35.7 Å². The lowest BCUT2D eigenvalue weighted by Gasteiger charge is -2.26. The summed E-state index contributed by atoms with van der Waals surface area (Å²) in [7, 11) is 0. The van der Waals surface area contributed by atoms with Gasteiger partial charge >= 0.3 is 0 Å². The Bertz CT molecular complexity index is 502. The van der Waals surface area contributed by atoms with E-state index in [-0.39, 0.29) is 0 Å². The summed E-state index contributed by atoms with van der Waals surface area (Å²) < 4.78 is 0. The SMILES string of the molecule is Cc1ccccc1C(C)(N)c1sccc1Cl. The van der Waals surface area contributed by atoms with E-state index in [0.717, 1.165) is 15.5 Å². The lowest BCUT2D eigenvalue weighted by Crippen LogP contribution is -2.34. The topological polar surface area (TPSA) is 26.0 Å². The number of hydrogen-bond donors (Lipinski definition) is 1. The van der Waals surface area contributed by atoms with Crippen LogP contribution in [0.4, 0.5) is 0 Å². The molecular formula is C13H14ClNS. The van der Waals surface area contributed by atoms with E-state index in [2.05, 4.69) is 19.1 Å². The van der Waals surface area contributed by atoms with Crippen molar-refractivity contribution in [3.05, 3.63) is 56.7 Å². The fourth-order valence-electron chi connectivity index (χ4n) is 1.94. The molecule has 1 nitrogen and oxygen atoms in total. The van der Waals surface area contributed by atoms with Crippen LogP contribution in [-0.2, 0) is 5.54 Å². The highest BCUT2D eigenvalue weighted by molar-refractivity contribution is 7.10. The number of hydrogen-bond acceptors (Lipinski definition) is 2. The summed E-state index contributed by atoms with van der Waals surface area (Å²) >= 11 is 7.76. The molecule has 0 saturated heterocycles. The van der Waals surface area contributed by atoms with Crippen molar-refractivity contribution in [2.45, 2.75) is 19.4 Å². The third kappa shape index (κ3) is 1.88. The third-order valence-electron chi connectivity index (χ3n) is 2.79. The van der Waals surface area contributed by atoms with Gasteiger partial charge in [-0.3, -0.25) is 0 Å². The molecule has 0 saturated carbocycles. The summed E-state index contributed by atoms with van der Waals surface area (Å²) in [5, 5.41) is 2.72. The molecule has 84 valence electrons. The van der Waals surface area contributed by atoms with Gasteiger partial charge < -0.3 is 5.73 Å². The van der Waals surface area contributed by atoms with Gasteiger partial charge in [-0.1, -0.05) is 35.9 Å². The second kappa shape index (κ2) is 4.21. The van der Waals surface area contributed by atoms with Gasteiger partial charge in [-0.25, -0.2) is 0 Å². The molecule has 3 heteroatoms. The maximum Gasteiger partial charge on any atom is 0.0748 e. The van der Waals surface area contributed by atoms with Crippen molar-refractivity contribution in [2.24, 2.45) is 5.73 Å². The van der Waals surface area contributed by atoms with Gasteiger partial charge in [0.2, 0.25) is 0 Å². The Kier molecular flexibility index (Phi) is 3.06. The van der Waals surface area contributed by atoms with E-state index in [9.17, 15) is 0 Å². The zero-order valence-electron chi connectivity index (χ0n) is 9.33. The van der Waals surface area contributed by atoms with Crippen LogP contribution < -0.4 is 5.73 Å². The van der Waals surface area contributed by atoms with Crippen molar-refractivity contribution >= 4 is 22.9 Å². The Balaban J connectivity index is 2.55. The summed E-state index contributed by atoms with van der Waals surface area (Å²) in [6, 6.07) is 10.1. The summed E-state index contributed by atoms with van der Waals surface area (Å²) in [5.41, 5.74) is 8.23. The summed E-state index contributed by atoms with van der Waals surface area (Å²) in [6.45, 7) is 4.08. The van der Waals surface area contributed by atoms with Crippen molar-refractivity contribution < 1.29 is 0 Å². The van der Waals surface area contributed by atoms with E-state index < -0.39 is 5.54 Å². The summed E-state index contributed by atoms with van der Waals surface area (Å²) in [6.07, 6.45) is 0. The molecule has 16 heavy (non-hydrogen) atoms. The van der Waals surface area contributed by atoms with E-state index in [1.165, 1.54) is 5.56 Å². The fraction of sp³-hybridized carbons (Fsp3) is 0.231. The maximum atomic E-state index is 6.43. The standard InChI is InChI=1S/C13H14ClNS/c1-9-5-3-4-6-10(9)13(2,15)12-11(14)7-8-16-12/h3-8H,15H2,1-2H3. The molecule has 1 heterocycles. The Morgan fingerprint density at radius 3 is 2.50 bits per heavy atom. The molecule has 2 rings (SSSR count). The molecule has 2 aromatic rings. The number of rotatable bonds is 2. The van der Waals surface area contributed by atoms with Crippen molar-refractivity contribution in [1.29, 1.82) is 0 Å². The lowest BCUT2D eigenvalue weighted by molar-refractivity contribution is 0.612. The van der Waals surface area contributed by atoms with Gasteiger partial charge in [0.25, 0.3) is 0 Å². The largest absolute Gasteiger partial charge is 0.317 e. The highest BCUT2D eigenvalue weighted by Crippen LogP contribution is 2.36. The van der Waals surface area contributed by atoms with E-state index in [0.29, 0.717) is 0 Å². The van der Waals surface area contributed by atoms with Crippen LogP contribution in [0.25, 0.3) is 0 Å². The van der Waals surface area contributed by atoms with Crippen LogP contribution in [0, 0.1) is 6.92 Å². The average Bonchev–Trinajstić information content (AvgIpc) is 2.65. The molecule has 1 aromatic carbocycles. The van der Waals surface area contributed by atoms with Crippen molar-refractivity contribution in [3.63, 3.8) is 0 Å². The van der Waals surface area contributed by atoms with Crippen LogP contribution in [0.5, 0.6) is 0 Å². The van der Waals surface area contributed by atoms with Gasteiger partial charge in [-0.05, 0) is 36.4 Å². The Hall–Kier alpha value is -0.830. The molecule has 2 N–H and O–H groups in total. The van der Waals surface area contributed by atoms with E-state index in [1.807, 2.05) is 30.5 Å². The van der Waals surface area contributed by atoms with E-state index in [4.69, 9.17) is 17.3 Å². The van der Waals surface area contributed by atoms with Crippen LogP contribution >= 0.6 is 22.9 Å². The third-order valence-corrected chi connectivity index (χ3v) is 4.37. The highest BCUT2D eigenvalue weighted by Gasteiger charge is 2.28. The minimum Gasteiger partial charge on any atom is -0.317 e. The number of nitrogens with two attached hydrogens (primary N) is 1. The van der Waals surface area contributed by atoms with Gasteiger partial charge in [-0.15, -0.1) is 11.3 Å². The molecule has 1 unspecified atom stereocenters. The first-order valence-corrected chi connectivity index (χ1v) is 6.37. The molecule has 0 aliphatic carbocycles. The van der Waals surface area contributed by atoms with E-state index >= 15 is 0 Å². The first-order chi connectivity index (χ1) is 7.53. The summed E-state index contributed by atoms with van der Waals surface area (Å²) in [4.78, 5) is 1.02. The second-order valence-electron chi connectivity index (χ2n) is 4.11. The molecule has 1 atom stereocenters. The predicted molar refractivity (Wildman–Crippen MR) is 71.1 cm³/mol. The highest BCUT2D eigenvalue weighted by atomic mass is 35.5. The van der Waals surface area contributed by atoms with Gasteiger partial charge in [0, 0.05) is 4.88 Å². The minimum absolute atomic E-state index is 0.517. The molecule has 0 fully saturated rings. The van der Waals surface area contributed by atoms with Gasteiger partial charge in [0.15, 0.2) is 0 Å². The number of thiophene rings is 1. The second-order valence-corrected chi connectivity index (χ2v) is 5.44. The van der Waals surface area contributed by atoms with Crippen molar-refractivity contribution in [1.82, 2.24) is 0 Å². The van der Waals surface area contributed by atoms with E-state index in [1.54, 1.807) is 11.3 Å². The van der Waals surface area contributed by atoms with Gasteiger partial charge in [-0.2, -0.15) is 0 Å². The fourth-order valence-corrected chi connectivity index (χ4v) is 3.29. The first kappa shape index (κ1) is 11.6. The van der Waals surface area contributed by atoms with Gasteiger partial charge in [0.05, 0.1) is 10.6 Å². The minimum atomic E-state index is -0.517. The monoisotopic (exact) mass is 251 g/mol. The smallest absolute Gasteiger partial charge is 0.0748 e. The normalized spacial score (nSPS) is 14.8.